The predicted molar refractivity (Wildman–Crippen MR) is 110 cm³/mol. The maximum atomic E-state index is 13.1. The highest BCUT2D eigenvalue weighted by molar-refractivity contribution is 9.10. The van der Waals surface area contributed by atoms with Gasteiger partial charge in [-0.2, -0.15) is 0 Å². The molecule has 0 atom stereocenters. The van der Waals surface area contributed by atoms with E-state index in [9.17, 15) is 9.18 Å². The number of hydrogen-bond donors (Lipinski definition) is 1. The van der Waals surface area contributed by atoms with Gasteiger partial charge in [-0.1, -0.05) is 27.3 Å². The number of nitrogens with zero attached hydrogens (tertiary/aromatic N) is 2. The molecule has 136 valence electrons. The second-order valence-electron chi connectivity index (χ2n) is 6.22. The molecular weight excluding hydrogens is 429 g/mol. The smallest absolute Gasteiger partial charge is 0.267 e. The Kier molecular flexibility index (Phi) is 4.57. The Labute approximate surface area is 167 Å². The molecule has 0 bridgehead atoms. The van der Waals surface area contributed by atoms with E-state index in [2.05, 4.69) is 26.2 Å². The lowest BCUT2D eigenvalue weighted by Gasteiger charge is -2.06. The number of imidazole rings is 1. The van der Waals surface area contributed by atoms with Crippen LogP contribution in [0.1, 0.15) is 20.9 Å². The fourth-order valence-corrected chi connectivity index (χ4v) is 4.08. The molecule has 1 amide bonds. The van der Waals surface area contributed by atoms with E-state index >= 15 is 0 Å². The van der Waals surface area contributed by atoms with Crippen LogP contribution in [-0.4, -0.2) is 15.3 Å². The number of amides is 1. The number of aryl methyl sites for hydroxylation is 2. The topological polar surface area (TPSA) is 46.4 Å². The van der Waals surface area contributed by atoms with Gasteiger partial charge in [0, 0.05) is 27.6 Å². The minimum atomic E-state index is -0.280. The number of anilines is 1. The number of rotatable bonds is 3. The van der Waals surface area contributed by atoms with Crippen LogP contribution in [0.25, 0.3) is 16.2 Å². The monoisotopic (exact) mass is 443 g/mol. The normalized spacial score (nSPS) is 11.1. The fraction of sp³-hybridized carbons (Fsp3) is 0.100. The summed E-state index contributed by atoms with van der Waals surface area (Å²) >= 11 is 4.79. The Balaban J connectivity index is 1.63. The highest BCUT2D eigenvalue weighted by Gasteiger charge is 2.18. The number of thiazole rings is 1. The molecule has 0 radical (unpaired) electrons. The highest BCUT2D eigenvalue weighted by atomic mass is 79.9. The molecule has 0 unspecified atom stereocenters. The molecule has 0 fully saturated rings. The maximum Gasteiger partial charge on any atom is 0.267 e. The van der Waals surface area contributed by atoms with Crippen molar-refractivity contribution in [2.75, 3.05) is 5.32 Å². The first-order valence-electron chi connectivity index (χ1n) is 8.24. The van der Waals surface area contributed by atoms with E-state index in [1.54, 1.807) is 12.1 Å². The van der Waals surface area contributed by atoms with Crippen molar-refractivity contribution in [2.24, 2.45) is 0 Å². The molecule has 7 heteroatoms. The van der Waals surface area contributed by atoms with E-state index in [0.29, 0.717) is 4.88 Å². The molecule has 4 aromatic rings. The van der Waals surface area contributed by atoms with E-state index in [0.717, 1.165) is 37.6 Å². The van der Waals surface area contributed by atoms with Crippen LogP contribution in [0.3, 0.4) is 0 Å². The van der Waals surface area contributed by atoms with Gasteiger partial charge in [0.25, 0.3) is 5.91 Å². The number of aromatic nitrogens is 2. The van der Waals surface area contributed by atoms with E-state index in [-0.39, 0.29) is 11.7 Å². The summed E-state index contributed by atoms with van der Waals surface area (Å²) in [5.41, 5.74) is 4.21. The summed E-state index contributed by atoms with van der Waals surface area (Å²) in [6.45, 7) is 3.86. The molecular formula is C20H15BrFN3OS. The summed E-state index contributed by atoms with van der Waals surface area (Å²) in [6.07, 6.45) is 1.87. The van der Waals surface area contributed by atoms with Crippen molar-refractivity contribution in [1.29, 1.82) is 0 Å². The Morgan fingerprint density at radius 2 is 1.93 bits per heavy atom. The van der Waals surface area contributed by atoms with Crippen molar-refractivity contribution in [1.82, 2.24) is 9.38 Å². The Morgan fingerprint density at radius 3 is 2.59 bits per heavy atom. The zero-order chi connectivity index (χ0) is 19.1. The Bertz CT molecular complexity index is 1160. The van der Waals surface area contributed by atoms with Crippen molar-refractivity contribution in [3.05, 3.63) is 75.1 Å². The zero-order valence-electron chi connectivity index (χ0n) is 14.6. The third kappa shape index (κ3) is 3.40. The summed E-state index contributed by atoms with van der Waals surface area (Å²) in [5, 5.41) is 2.94. The van der Waals surface area contributed by atoms with Gasteiger partial charge in [-0.05, 0) is 61.9 Å². The molecule has 0 aliphatic heterocycles. The van der Waals surface area contributed by atoms with E-state index in [1.807, 2.05) is 42.6 Å². The van der Waals surface area contributed by atoms with Crippen LogP contribution < -0.4 is 5.32 Å². The molecule has 2 aromatic heterocycles. The van der Waals surface area contributed by atoms with Crippen molar-refractivity contribution in [3.8, 4) is 11.3 Å². The van der Waals surface area contributed by atoms with Gasteiger partial charge in [-0.25, -0.2) is 9.37 Å². The van der Waals surface area contributed by atoms with Crippen LogP contribution >= 0.6 is 27.3 Å². The first-order valence-corrected chi connectivity index (χ1v) is 9.85. The number of fused-ring (bicyclic) bond motifs is 1. The maximum absolute atomic E-state index is 13.1. The average molecular weight is 444 g/mol. The van der Waals surface area contributed by atoms with Gasteiger partial charge in [0.2, 0.25) is 0 Å². The summed E-state index contributed by atoms with van der Waals surface area (Å²) in [7, 11) is 0. The van der Waals surface area contributed by atoms with Crippen LogP contribution in [0.5, 0.6) is 0 Å². The van der Waals surface area contributed by atoms with Crippen LogP contribution in [0, 0.1) is 19.7 Å². The van der Waals surface area contributed by atoms with Crippen LogP contribution in [0.15, 0.2) is 53.1 Å². The van der Waals surface area contributed by atoms with Gasteiger partial charge in [-0.15, -0.1) is 0 Å². The van der Waals surface area contributed by atoms with Gasteiger partial charge < -0.3 is 5.32 Å². The lowest BCUT2D eigenvalue weighted by atomic mass is 10.2. The molecule has 1 N–H and O–H groups in total. The first-order chi connectivity index (χ1) is 12.9. The van der Waals surface area contributed by atoms with Crippen LogP contribution in [0.4, 0.5) is 10.1 Å². The molecule has 0 saturated carbocycles. The summed E-state index contributed by atoms with van der Waals surface area (Å²) in [5.74, 6) is -0.439. The summed E-state index contributed by atoms with van der Waals surface area (Å²) < 4.78 is 16.0. The predicted octanol–water partition coefficient (Wildman–Crippen LogP) is 5.83. The largest absolute Gasteiger partial charge is 0.321 e. The SMILES string of the molecule is Cc1cc(NC(=O)c2sc3nc(-c4ccc(F)cc4)cn3c2C)ccc1Br. The number of carbonyl (C=O) groups excluding carboxylic acids is 1. The molecule has 2 aromatic carbocycles. The van der Waals surface area contributed by atoms with Crippen LogP contribution in [0.2, 0.25) is 0 Å². The minimum absolute atomic E-state index is 0.159. The molecule has 2 heterocycles. The first kappa shape index (κ1) is 17.9. The summed E-state index contributed by atoms with van der Waals surface area (Å²) in [6, 6.07) is 11.9. The lowest BCUT2D eigenvalue weighted by Crippen LogP contribution is -2.12. The average Bonchev–Trinajstić information content (AvgIpc) is 3.18. The van der Waals surface area contributed by atoms with Crippen molar-refractivity contribution < 1.29 is 9.18 Å². The van der Waals surface area contributed by atoms with E-state index in [4.69, 9.17) is 0 Å². The van der Waals surface area contributed by atoms with Gasteiger partial charge in [-0.3, -0.25) is 9.20 Å². The van der Waals surface area contributed by atoms with Crippen molar-refractivity contribution >= 4 is 43.8 Å². The quantitative estimate of drug-likeness (QED) is 0.432. The molecule has 27 heavy (non-hydrogen) atoms. The van der Waals surface area contributed by atoms with E-state index in [1.165, 1.54) is 23.5 Å². The Hall–Kier alpha value is -2.51. The standard InChI is InChI=1S/C20H15BrFN3OS/c1-11-9-15(7-8-16(11)21)23-19(26)18-12(2)25-10-17(24-20(25)27-18)13-3-5-14(22)6-4-13/h3-10H,1-2H3,(H,23,26). The fourth-order valence-electron chi connectivity index (χ4n) is 2.83. The molecule has 4 nitrogen and oxygen atoms in total. The zero-order valence-corrected chi connectivity index (χ0v) is 17.0. The van der Waals surface area contributed by atoms with Gasteiger partial charge >= 0.3 is 0 Å². The second-order valence-corrected chi connectivity index (χ2v) is 8.05. The second kappa shape index (κ2) is 6.90. The third-order valence-corrected chi connectivity index (χ3v) is 6.36. The Morgan fingerprint density at radius 1 is 1.19 bits per heavy atom. The molecule has 4 rings (SSSR count). The third-order valence-electron chi connectivity index (χ3n) is 4.32. The number of hydrogen-bond acceptors (Lipinski definition) is 3. The van der Waals surface area contributed by atoms with Crippen LogP contribution in [-0.2, 0) is 0 Å². The highest BCUT2D eigenvalue weighted by Crippen LogP contribution is 2.28. The number of carbonyl (C=O) groups is 1. The van der Waals surface area contributed by atoms with Gasteiger partial charge in [0.15, 0.2) is 4.96 Å². The number of nitrogens with one attached hydrogen (secondary N) is 1. The van der Waals surface area contributed by atoms with Crippen molar-refractivity contribution in [3.63, 3.8) is 0 Å². The summed E-state index contributed by atoms with van der Waals surface area (Å²) in [4.78, 5) is 18.6. The molecule has 0 spiro atoms. The number of benzene rings is 2. The molecule has 0 saturated heterocycles. The van der Waals surface area contributed by atoms with E-state index < -0.39 is 0 Å². The van der Waals surface area contributed by atoms with Gasteiger partial charge in [0.05, 0.1) is 5.69 Å². The minimum Gasteiger partial charge on any atom is -0.321 e. The lowest BCUT2D eigenvalue weighted by molar-refractivity contribution is 0.102. The molecule has 0 aliphatic carbocycles. The molecule has 0 aliphatic rings. The van der Waals surface area contributed by atoms with Gasteiger partial charge in [0.1, 0.15) is 10.7 Å². The number of halogens is 2. The van der Waals surface area contributed by atoms with Crippen molar-refractivity contribution in [2.45, 2.75) is 13.8 Å².